The highest BCUT2D eigenvalue weighted by molar-refractivity contribution is 5.45. The van der Waals surface area contributed by atoms with E-state index in [1.165, 1.54) is 0 Å². The minimum atomic E-state index is 0.00899. The molecule has 0 radical (unpaired) electrons. The average molecular weight is 225 g/mol. The first-order valence-corrected chi connectivity index (χ1v) is 5.20. The SMILES string of the molecule is N#Cc1ccccc1Oc1ccc(CO)cc1. The van der Waals surface area contributed by atoms with E-state index in [1.54, 1.807) is 42.5 Å². The van der Waals surface area contributed by atoms with Crippen molar-refractivity contribution in [1.29, 1.82) is 5.26 Å². The Hall–Kier alpha value is -2.31. The van der Waals surface area contributed by atoms with Crippen molar-refractivity contribution in [2.24, 2.45) is 0 Å². The van der Waals surface area contributed by atoms with Crippen LogP contribution in [0.4, 0.5) is 0 Å². The maximum atomic E-state index is 8.92. The topological polar surface area (TPSA) is 53.2 Å². The number of para-hydroxylation sites is 1. The maximum absolute atomic E-state index is 8.92. The normalized spacial score (nSPS) is 9.65. The first-order valence-electron chi connectivity index (χ1n) is 5.20. The average Bonchev–Trinajstić information content (AvgIpc) is 2.40. The summed E-state index contributed by atoms with van der Waals surface area (Å²) in [5.74, 6) is 1.18. The van der Waals surface area contributed by atoms with Crippen molar-refractivity contribution in [3.05, 3.63) is 59.7 Å². The lowest BCUT2D eigenvalue weighted by atomic mass is 10.2. The molecular weight excluding hydrogens is 214 g/mol. The third-order valence-electron chi connectivity index (χ3n) is 2.34. The summed E-state index contributed by atoms with van der Waals surface area (Å²) in [5, 5.41) is 17.8. The molecule has 0 saturated heterocycles. The Bertz CT molecular complexity index is 541. The number of aliphatic hydroxyl groups is 1. The van der Waals surface area contributed by atoms with Gasteiger partial charge in [-0.15, -0.1) is 0 Å². The van der Waals surface area contributed by atoms with E-state index in [0.717, 1.165) is 5.56 Å². The third kappa shape index (κ3) is 2.63. The van der Waals surface area contributed by atoms with E-state index >= 15 is 0 Å². The van der Waals surface area contributed by atoms with Gasteiger partial charge in [-0.3, -0.25) is 0 Å². The van der Waals surface area contributed by atoms with E-state index in [9.17, 15) is 0 Å². The van der Waals surface area contributed by atoms with Crippen LogP contribution in [0.2, 0.25) is 0 Å². The Kier molecular flexibility index (Phi) is 3.39. The summed E-state index contributed by atoms with van der Waals surface area (Å²) in [6.45, 7) is 0.00899. The molecule has 2 rings (SSSR count). The van der Waals surface area contributed by atoms with Gasteiger partial charge in [-0.05, 0) is 29.8 Å². The van der Waals surface area contributed by atoms with Gasteiger partial charge in [0, 0.05) is 0 Å². The second-order valence-corrected chi connectivity index (χ2v) is 3.51. The van der Waals surface area contributed by atoms with Crippen molar-refractivity contribution in [1.82, 2.24) is 0 Å². The molecule has 0 fully saturated rings. The van der Waals surface area contributed by atoms with E-state index in [1.807, 2.05) is 6.07 Å². The van der Waals surface area contributed by atoms with Gasteiger partial charge in [-0.25, -0.2) is 0 Å². The zero-order chi connectivity index (χ0) is 12.1. The first-order chi connectivity index (χ1) is 8.33. The van der Waals surface area contributed by atoms with Crippen LogP contribution in [0.25, 0.3) is 0 Å². The number of hydrogen-bond donors (Lipinski definition) is 1. The largest absolute Gasteiger partial charge is 0.456 e. The molecule has 0 unspecified atom stereocenters. The second kappa shape index (κ2) is 5.15. The van der Waals surface area contributed by atoms with E-state index in [-0.39, 0.29) is 6.61 Å². The third-order valence-corrected chi connectivity index (χ3v) is 2.34. The highest BCUT2D eigenvalue weighted by Gasteiger charge is 2.03. The van der Waals surface area contributed by atoms with E-state index in [4.69, 9.17) is 15.1 Å². The van der Waals surface area contributed by atoms with Gasteiger partial charge in [-0.2, -0.15) is 5.26 Å². The minimum absolute atomic E-state index is 0.00899. The number of rotatable bonds is 3. The summed E-state index contributed by atoms with van der Waals surface area (Å²) in [6, 6.07) is 16.2. The van der Waals surface area contributed by atoms with Gasteiger partial charge in [0.15, 0.2) is 0 Å². The van der Waals surface area contributed by atoms with Gasteiger partial charge in [0.2, 0.25) is 0 Å². The number of aliphatic hydroxyl groups excluding tert-OH is 1. The predicted molar refractivity (Wildman–Crippen MR) is 63.6 cm³/mol. The van der Waals surface area contributed by atoms with Crippen LogP contribution < -0.4 is 4.74 Å². The Balaban J connectivity index is 2.23. The van der Waals surface area contributed by atoms with Crippen LogP contribution in [0, 0.1) is 11.3 Å². The van der Waals surface area contributed by atoms with Gasteiger partial charge in [-0.1, -0.05) is 24.3 Å². The Morgan fingerprint density at radius 2 is 1.76 bits per heavy atom. The Morgan fingerprint density at radius 3 is 2.41 bits per heavy atom. The van der Waals surface area contributed by atoms with Gasteiger partial charge in [0.25, 0.3) is 0 Å². The van der Waals surface area contributed by atoms with Crippen LogP contribution in [-0.2, 0) is 6.61 Å². The van der Waals surface area contributed by atoms with Crippen molar-refractivity contribution >= 4 is 0 Å². The van der Waals surface area contributed by atoms with Gasteiger partial charge in [0.1, 0.15) is 17.6 Å². The fraction of sp³-hybridized carbons (Fsp3) is 0.0714. The highest BCUT2D eigenvalue weighted by Crippen LogP contribution is 2.24. The maximum Gasteiger partial charge on any atom is 0.145 e. The molecule has 3 nitrogen and oxygen atoms in total. The van der Waals surface area contributed by atoms with Gasteiger partial charge in [0.05, 0.1) is 12.2 Å². The Morgan fingerprint density at radius 1 is 1.06 bits per heavy atom. The Labute approximate surface area is 99.5 Å². The molecule has 0 aliphatic heterocycles. The molecule has 0 bridgehead atoms. The zero-order valence-electron chi connectivity index (χ0n) is 9.13. The minimum Gasteiger partial charge on any atom is -0.456 e. The number of ether oxygens (including phenoxy) is 1. The molecule has 0 amide bonds. The van der Waals surface area contributed by atoms with Crippen molar-refractivity contribution in [3.63, 3.8) is 0 Å². The molecule has 0 saturated carbocycles. The monoisotopic (exact) mass is 225 g/mol. The second-order valence-electron chi connectivity index (χ2n) is 3.51. The predicted octanol–water partition coefficient (Wildman–Crippen LogP) is 2.84. The molecule has 0 heterocycles. The molecule has 0 aliphatic carbocycles. The van der Waals surface area contributed by atoms with Crippen LogP contribution in [0.1, 0.15) is 11.1 Å². The molecule has 1 N–H and O–H groups in total. The zero-order valence-corrected chi connectivity index (χ0v) is 9.13. The van der Waals surface area contributed by atoms with E-state index in [0.29, 0.717) is 17.1 Å². The van der Waals surface area contributed by atoms with Crippen LogP contribution in [0.3, 0.4) is 0 Å². The lowest BCUT2D eigenvalue weighted by Crippen LogP contribution is -1.88. The van der Waals surface area contributed by atoms with Crippen LogP contribution in [0.5, 0.6) is 11.5 Å². The molecule has 0 aromatic heterocycles. The number of nitrogens with zero attached hydrogens (tertiary/aromatic N) is 1. The van der Waals surface area contributed by atoms with Crippen molar-refractivity contribution in [2.45, 2.75) is 6.61 Å². The molecule has 2 aromatic carbocycles. The quantitative estimate of drug-likeness (QED) is 0.873. The summed E-state index contributed by atoms with van der Waals surface area (Å²) in [6.07, 6.45) is 0. The molecule has 3 heteroatoms. The first kappa shape index (κ1) is 11.2. The van der Waals surface area contributed by atoms with Crippen LogP contribution in [0.15, 0.2) is 48.5 Å². The fourth-order valence-corrected chi connectivity index (χ4v) is 1.44. The molecule has 2 aromatic rings. The fourth-order valence-electron chi connectivity index (χ4n) is 1.44. The van der Waals surface area contributed by atoms with E-state index in [2.05, 4.69) is 6.07 Å². The van der Waals surface area contributed by atoms with Crippen LogP contribution in [-0.4, -0.2) is 5.11 Å². The summed E-state index contributed by atoms with van der Waals surface area (Å²) in [7, 11) is 0. The molecule has 0 spiro atoms. The van der Waals surface area contributed by atoms with Crippen molar-refractivity contribution in [2.75, 3.05) is 0 Å². The van der Waals surface area contributed by atoms with Crippen molar-refractivity contribution in [3.8, 4) is 17.6 Å². The lowest BCUT2D eigenvalue weighted by molar-refractivity contribution is 0.281. The molecule has 0 aliphatic rings. The van der Waals surface area contributed by atoms with Gasteiger partial charge < -0.3 is 9.84 Å². The summed E-state index contributed by atoms with van der Waals surface area (Å²) in [5.41, 5.74) is 1.32. The van der Waals surface area contributed by atoms with Crippen LogP contribution >= 0.6 is 0 Å². The molecule has 0 atom stereocenters. The summed E-state index contributed by atoms with van der Waals surface area (Å²) in [4.78, 5) is 0. The number of nitriles is 1. The number of hydrogen-bond acceptors (Lipinski definition) is 3. The van der Waals surface area contributed by atoms with Crippen molar-refractivity contribution < 1.29 is 9.84 Å². The summed E-state index contributed by atoms with van der Waals surface area (Å²) < 4.78 is 5.60. The smallest absolute Gasteiger partial charge is 0.145 e. The summed E-state index contributed by atoms with van der Waals surface area (Å²) >= 11 is 0. The molecule has 17 heavy (non-hydrogen) atoms. The number of benzene rings is 2. The van der Waals surface area contributed by atoms with Gasteiger partial charge >= 0.3 is 0 Å². The standard InChI is InChI=1S/C14H11NO2/c15-9-12-3-1-2-4-14(12)17-13-7-5-11(10-16)6-8-13/h1-8,16H,10H2. The lowest BCUT2D eigenvalue weighted by Gasteiger charge is -2.07. The molecule has 84 valence electrons. The highest BCUT2D eigenvalue weighted by atomic mass is 16.5. The van der Waals surface area contributed by atoms with E-state index < -0.39 is 0 Å². The molecular formula is C14H11NO2.